The second-order valence-electron chi connectivity index (χ2n) is 9.16. The Balaban J connectivity index is 1.38. The molecule has 0 saturated carbocycles. The lowest BCUT2D eigenvalue weighted by Gasteiger charge is -2.20. The van der Waals surface area contributed by atoms with E-state index in [0.29, 0.717) is 12.0 Å². The van der Waals surface area contributed by atoms with E-state index in [1.807, 2.05) is 6.92 Å². The largest absolute Gasteiger partial charge is 0.455 e. The van der Waals surface area contributed by atoms with Gasteiger partial charge in [0.2, 0.25) is 0 Å². The molecule has 2 heterocycles. The van der Waals surface area contributed by atoms with Gasteiger partial charge in [0.1, 0.15) is 6.10 Å². The van der Waals surface area contributed by atoms with Crippen LogP contribution in [-0.4, -0.2) is 57.9 Å². The number of hydrogen-bond acceptors (Lipinski definition) is 6. The van der Waals surface area contributed by atoms with Gasteiger partial charge in [-0.3, -0.25) is 0 Å². The van der Waals surface area contributed by atoms with Gasteiger partial charge < -0.3 is 24.8 Å². The van der Waals surface area contributed by atoms with Crippen LogP contribution >= 0.6 is 0 Å². The lowest BCUT2D eigenvalue weighted by molar-refractivity contribution is -0.139. The minimum atomic E-state index is -0.460. The topological polar surface area (TPSA) is 96.2 Å². The van der Waals surface area contributed by atoms with Crippen LogP contribution < -0.4 is 0 Å². The highest BCUT2D eigenvalue weighted by Crippen LogP contribution is 2.26. The predicted octanol–water partition coefficient (Wildman–Crippen LogP) is 3.80. The zero-order valence-corrected chi connectivity index (χ0v) is 18.8. The fraction of sp³-hybridized carbons (Fsp3) is 0.875. The first-order chi connectivity index (χ1) is 14.4. The number of carbonyl (C=O) groups excluding carboxylic acids is 1. The summed E-state index contributed by atoms with van der Waals surface area (Å²) in [4.78, 5) is 11.6. The van der Waals surface area contributed by atoms with Crippen molar-refractivity contribution in [3.63, 3.8) is 0 Å². The van der Waals surface area contributed by atoms with Gasteiger partial charge in [-0.05, 0) is 45.6 Å². The number of aliphatic hydroxyl groups is 3. The molecule has 2 rings (SSSR count). The molecule has 4 unspecified atom stereocenters. The Morgan fingerprint density at radius 1 is 0.933 bits per heavy atom. The molecule has 3 N–H and O–H groups in total. The van der Waals surface area contributed by atoms with E-state index in [1.165, 1.54) is 25.7 Å². The van der Waals surface area contributed by atoms with Crippen LogP contribution in [0.25, 0.3) is 0 Å². The maximum Gasteiger partial charge on any atom is 0.334 e. The van der Waals surface area contributed by atoms with Crippen molar-refractivity contribution >= 4 is 5.97 Å². The number of rotatable bonds is 15. The summed E-state index contributed by atoms with van der Waals surface area (Å²) in [6.45, 7) is 3.57. The van der Waals surface area contributed by atoms with Gasteiger partial charge in [0.05, 0.1) is 30.5 Å². The number of esters is 1. The molecule has 0 aromatic rings. The summed E-state index contributed by atoms with van der Waals surface area (Å²) >= 11 is 0. The molecule has 6 heteroatoms. The van der Waals surface area contributed by atoms with Gasteiger partial charge in [-0.2, -0.15) is 0 Å². The highest BCUT2D eigenvalue weighted by atomic mass is 16.5. The van der Waals surface area contributed by atoms with Gasteiger partial charge in [-0.15, -0.1) is 0 Å². The average molecular weight is 427 g/mol. The van der Waals surface area contributed by atoms with Gasteiger partial charge in [0.25, 0.3) is 0 Å². The molecule has 1 fully saturated rings. The van der Waals surface area contributed by atoms with E-state index in [-0.39, 0.29) is 24.3 Å². The van der Waals surface area contributed by atoms with E-state index in [9.17, 15) is 20.1 Å². The number of cyclic esters (lactones) is 1. The smallest absolute Gasteiger partial charge is 0.334 e. The van der Waals surface area contributed by atoms with E-state index in [2.05, 4.69) is 0 Å². The molecule has 0 radical (unpaired) electrons. The van der Waals surface area contributed by atoms with E-state index in [0.717, 1.165) is 51.4 Å². The van der Waals surface area contributed by atoms with Crippen LogP contribution in [0.3, 0.4) is 0 Å². The van der Waals surface area contributed by atoms with Crippen molar-refractivity contribution in [3.8, 4) is 0 Å². The fourth-order valence-electron chi connectivity index (χ4n) is 4.44. The van der Waals surface area contributed by atoms with Crippen LogP contribution in [-0.2, 0) is 14.3 Å². The SMILES string of the molecule is CC1C=C(CC(O)CCCCCCCCCC[C@@H](O)[C@H]2CCC(C(C)O)O2)C(=O)O1. The zero-order chi connectivity index (χ0) is 21.9. The van der Waals surface area contributed by atoms with Crippen LogP contribution in [0.4, 0.5) is 0 Å². The van der Waals surface area contributed by atoms with Crippen LogP contribution in [0.1, 0.15) is 97.3 Å². The second kappa shape index (κ2) is 13.5. The number of ether oxygens (including phenoxy) is 2. The van der Waals surface area contributed by atoms with Crippen molar-refractivity contribution in [2.24, 2.45) is 0 Å². The van der Waals surface area contributed by atoms with Crippen molar-refractivity contribution in [1.29, 1.82) is 0 Å². The third-order valence-electron chi connectivity index (χ3n) is 6.29. The number of aliphatic hydroxyl groups excluding tert-OH is 3. The summed E-state index contributed by atoms with van der Waals surface area (Å²) in [6, 6.07) is 0. The molecule has 1 saturated heterocycles. The van der Waals surface area contributed by atoms with Crippen molar-refractivity contribution < 1.29 is 29.6 Å². The first-order valence-corrected chi connectivity index (χ1v) is 12.0. The minimum Gasteiger partial charge on any atom is -0.455 e. The third kappa shape index (κ3) is 9.04. The van der Waals surface area contributed by atoms with E-state index < -0.39 is 18.3 Å². The Hall–Kier alpha value is -0.950. The Bertz CT molecular complexity index is 532. The Morgan fingerprint density at radius 2 is 1.50 bits per heavy atom. The molecule has 30 heavy (non-hydrogen) atoms. The van der Waals surface area contributed by atoms with Gasteiger partial charge in [-0.1, -0.05) is 51.4 Å². The maximum atomic E-state index is 11.6. The summed E-state index contributed by atoms with van der Waals surface area (Å²) in [5.41, 5.74) is 0.613. The summed E-state index contributed by atoms with van der Waals surface area (Å²) in [6.07, 6.45) is 12.7. The Morgan fingerprint density at radius 3 is 2.03 bits per heavy atom. The van der Waals surface area contributed by atoms with Crippen molar-refractivity contribution in [2.45, 2.75) is 134 Å². The van der Waals surface area contributed by atoms with Gasteiger partial charge >= 0.3 is 5.97 Å². The molecule has 6 nitrogen and oxygen atoms in total. The summed E-state index contributed by atoms with van der Waals surface area (Å²) in [7, 11) is 0. The molecular formula is C24H42O6. The number of unbranched alkanes of at least 4 members (excludes halogenated alkanes) is 7. The van der Waals surface area contributed by atoms with Gasteiger partial charge in [-0.25, -0.2) is 4.79 Å². The van der Waals surface area contributed by atoms with Gasteiger partial charge in [0.15, 0.2) is 0 Å². The first kappa shape index (κ1) is 25.3. The monoisotopic (exact) mass is 426 g/mol. The highest BCUT2D eigenvalue weighted by molar-refractivity contribution is 5.90. The Labute approximate surface area is 181 Å². The predicted molar refractivity (Wildman–Crippen MR) is 116 cm³/mol. The number of hydrogen-bond donors (Lipinski definition) is 3. The van der Waals surface area contributed by atoms with E-state index >= 15 is 0 Å². The normalized spacial score (nSPS) is 27.0. The minimum absolute atomic E-state index is 0.112. The fourth-order valence-corrected chi connectivity index (χ4v) is 4.44. The van der Waals surface area contributed by atoms with Gasteiger partial charge in [0, 0.05) is 12.0 Å². The van der Waals surface area contributed by atoms with Crippen molar-refractivity contribution in [3.05, 3.63) is 11.6 Å². The quantitative estimate of drug-likeness (QED) is 0.272. The molecular weight excluding hydrogens is 384 g/mol. The molecule has 0 spiro atoms. The molecule has 0 aromatic carbocycles. The molecule has 2 aliphatic heterocycles. The van der Waals surface area contributed by atoms with Crippen LogP contribution in [0.15, 0.2) is 11.6 Å². The molecule has 0 aliphatic carbocycles. The molecule has 0 amide bonds. The highest BCUT2D eigenvalue weighted by Gasteiger charge is 2.32. The van der Waals surface area contributed by atoms with Crippen molar-refractivity contribution in [1.82, 2.24) is 0 Å². The maximum absolute atomic E-state index is 11.6. The van der Waals surface area contributed by atoms with E-state index in [1.54, 1.807) is 13.0 Å². The Kier molecular flexibility index (Phi) is 11.4. The average Bonchev–Trinajstić information content (AvgIpc) is 3.30. The summed E-state index contributed by atoms with van der Waals surface area (Å²) < 4.78 is 10.8. The molecule has 0 bridgehead atoms. The lowest BCUT2D eigenvalue weighted by Crippen LogP contribution is -2.29. The number of carbonyl (C=O) groups is 1. The van der Waals surface area contributed by atoms with Crippen molar-refractivity contribution in [2.75, 3.05) is 0 Å². The second-order valence-corrected chi connectivity index (χ2v) is 9.16. The van der Waals surface area contributed by atoms with Crippen LogP contribution in [0.2, 0.25) is 0 Å². The molecule has 2 aliphatic rings. The molecule has 0 aromatic heterocycles. The van der Waals surface area contributed by atoms with E-state index in [4.69, 9.17) is 9.47 Å². The lowest BCUT2D eigenvalue weighted by atomic mass is 10.0. The van der Waals surface area contributed by atoms with Crippen LogP contribution in [0, 0.1) is 0 Å². The van der Waals surface area contributed by atoms with Crippen LogP contribution in [0.5, 0.6) is 0 Å². The summed E-state index contributed by atoms with van der Waals surface area (Å²) in [5.74, 6) is -0.284. The molecule has 174 valence electrons. The zero-order valence-electron chi connectivity index (χ0n) is 18.8. The summed E-state index contributed by atoms with van der Waals surface area (Å²) in [5, 5.41) is 29.9. The third-order valence-corrected chi connectivity index (χ3v) is 6.29. The first-order valence-electron chi connectivity index (χ1n) is 12.0. The molecule has 6 atom stereocenters. The standard InChI is InChI=1S/C24H42O6/c1-17-15-19(24(28)29-17)16-20(26)11-9-7-5-3-4-6-8-10-12-21(27)23-14-13-22(30-23)18(2)25/h15,17-18,20-23,25-27H,3-14,16H2,1-2H3/t17?,18?,20?,21-,22?,23-/m1/s1.